The quantitative estimate of drug-likeness (QED) is 0.0203. The van der Waals surface area contributed by atoms with E-state index in [1.807, 2.05) is 13.8 Å². The number of alkyl carbamates (subject to hydrolysis) is 1. The number of ether oxygens (including phenoxy) is 9. The number of hydrogen-bond donors (Lipinski definition) is 8. The Bertz CT molecular complexity index is 1880. The molecule has 10 N–H and O–H groups in total. The van der Waals surface area contributed by atoms with Gasteiger partial charge in [-0.3, -0.25) is 24.0 Å². The van der Waals surface area contributed by atoms with E-state index in [1.54, 1.807) is 67.5 Å². The summed E-state index contributed by atoms with van der Waals surface area (Å²) in [7, 11) is 0. The van der Waals surface area contributed by atoms with Crippen LogP contribution in [0.3, 0.4) is 0 Å². The van der Waals surface area contributed by atoms with E-state index in [2.05, 4.69) is 31.9 Å². The summed E-state index contributed by atoms with van der Waals surface area (Å²) < 4.78 is 49.8. The number of amides is 5. The SMILES string of the molecule is CC(C)NC(=O)C(C)NC(=O)CCOCCOCCOCC(N)Nc1cc(C[C@@H](CC(C)C(=O)OC(C)(C)C)NC(=O)OC(C)(C)C)ccc1OC(=O)C(C)NC(=O)C(C)NC(=O)CCOCCOCCOCCN. The molecule has 0 aliphatic rings. The highest BCUT2D eigenvalue weighted by atomic mass is 16.6. The Labute approximate surface area is 443 Å². The molecule has 0 radical (unpaired) electrons. The van der Waals surface area contributed by atoms with Crippen LogP contribution in [0.1, 0.15) is 108 Å². The van der Waals surface area contributed by atoms with E-state index in [-0.39, 0.29) is 108 Å². The van der Waals surface area contributed by atoms with Gasteiger partial charge in [0.25, 0.3) is 0 Å². The fourth-order valence-corrected chi connectivity index (χ4v) is 6.39. The maximum Gasteiger partial charge on any atom is 0.407 e. The molecule has 5 amide bonds. The Kier molecular flexibility index (Phi) is 33.2. The van der Waals surface area contributed by atoms with Gasteiger partial charge in [-0.2, -0.15) is 0 Å². The minimum Gasteiger partial charge on any atom is -0.460 e. The largest absolute Gasteiger partial charge is 0.460 e. The van der Waals surface area contributed by atoms with E-state index in [0.717, 1.165) is 0 Å². The summed E-state index contributed by atoms with van der Waals surface area (Å²) in [5.41, 5.74) is 11.2. The van der Waals surface area contributed by atoms with Crippen molar-refractivity contribution < 1.29 is 76.2 Å². The van der Waals surface area contributed by atoms with Gasteiger partial charge < -0.3 is 86.0 Å². The molecular formula is C51H90N8O16. The molecule has 0 aliphatic heterocycles. The highest BCUT2D eigenvalue weighted by Gasteiger charge is 2.28. The maximum atomic E-state index is 13.5. The van der Waals surface area contributed by atoms with Crippen LogP contribution in [0.25, 0.3) is 0 Å². The monoisotopic (exact) mass is 1070 g/mol. The number of nitrogens with one attached hydrogen (secondary N) is 6. The second-order valence-corrected chi connectivity index (χ2v) is 20.1. The summed E-state index contributed by atoms with van der Waals surface area (Å²) in [6.45, 7) is 23.7. The average Bonchev–Trinajstić information content (AvgIpc) is 3.29. The van der Waals surface area contributed by atoms with Crippen molar-refractivity contribution in [1.29, 1.82) is 0 Å². The first-order chi connectivity index (χ1) is 35.2. The summed E-state index contributed by atoms with van der Waals surface area (Å²) in [6.07, 6.45) is -1.06. The Morgan fingerprint density at radius 1 is 0.560 bits per heavy atom. The van der Waals surface area contributed by atoms with Crippen LogP contribution in [0, 0.1) is 5.92 Å². The molecule has 75 heavy (non-hydrogen) atoms. The van der Waals surface area contributed by atoms with Gasteiger partial charge in [0, 0.05) is 31.5 Å². The topological polar surface area (TPSA) is 327 Å². The van der Waals surface area contributed by atoms with Crippen LogP contribution in [0.2, 0.25) is 0 Å². The third-order valence-electron chi connectivity index (χ3n) is 9.92. The summed E-state index contributed by atoms with van der Waals surface area (Å²) in [5, 5.41) is 16.5. The zero-order chi connectivity index (χ0) is 56.6. The van der Waals surface area contributed by atoms with Gasteiger partial charge in [0.15, 0.2) is 5.75 Å². The smallest absolute Gasteiger partial charge is 0.407 e. The van der Waals surface area contributed by atoms with Crippen LogP contribution in [-0.2, 0) is 73.1 Å². The third-order valence-corrected chi connectivity index (χ3v) is 9.92. The predicted octanol–water partition coefficient (Wildman–Crippen LogP) is 1.97. The van der Waals surface area contributed by atoms with Gasteiger partial charge in [0.2, 0.25) is 23.6 Å². The molecule has 5 unspecified atom stereocenters. The van der Waals surface area contributed by atoms with Crippen LogP contribution in [-0.4, -0.2) is 175 Å². The Morgan fingerprint density at radius 3 is 1.53 bits per heavy atom. The molecule has 0 bridgehead atoms. The second-order valence-electron chi connectivity index (χ2n) is 20.1. The van der Waals surface area contributed by atoms with Crippen molar-refractivity contribution in [1.82, 2.24) is 26.6 Å². The lowest BCUT2D eigenvalue weighted by molar-refractivity contribution is -0.159. The van der Waals surface area contributed by atoms with Gasteiger partial charge in [-0.15, -0.1) is 0 Å². The molecule has 1 aromatic rings. The molecule has 6 atom stereocenters. The Balaban J connectivity index is 3.01. The van der Waals surface area contributed by atoms with Gasteiger partial charge in [-0.05, 0) is 107 Å². The summed E-state index contributed by atoms with van der Waals surface area (Å²) in [5.74, 6) is -3.47. The minimum absolute atomic E-state index is 0.00909. The van der Waals surface area contributed by atoms with Gasteiger partial charge in [-0.1, -0.05) is 13.0 Å². The van der Waals surface area contributed by atoms with Gasteiger partial charge in [0.05, 0.1) is 97.1 Å². The van der Waals surface area contributed by atoms with Crippen LogP contribution in [0.15, 0.2) is 18.2 Å². The van der Waals surface area contributed by atoms with Crippen molar-refractivity contribution in [3.63, 3.8) is 0 Å². The average molecular weight is 1070 g/mol. The van der Waals surface area contributed by atoms with E-state index in [9.17, 15) is 33.6 Å². The first-order valence-corrected chi connectivity index (χ1v) is 25.6. The third kappa shape index (κ3) is 34.2. The van der Waals surface area contributed by atoms with E-state index >= 15 is 0 Å². The Morgan fingerprint density at radius 2 is 1.04 bits per heavy atom. The summed E-state index contributed by atoms with van der Waals surface area (Å²) >= 11 is 0. The predicted molar refractivity (Wildman–Crippen MR) is 279 cm³/mol. The molecule has 24 nitrogen and oxygen atoms in total. The zero-order valence-corrected chi connectivity index (χ0v) is 46.5. The van der Waals surface area contributed by atoms with Gasteiger partial charge >= 0.3 is 18.0 Å². The number of anilines is 1. The van der Waals surface area contributed by atoms with E-state index in [0.29, 0.717) is 38.5 Å². The van der Waals surface area contributed by atoms with Crippen LogP contribution < -0.4 is 48.1 Å². The van der Waals surface area contributed by atoms with Crippen molar-refractivity contribution >= 4 is 47.3 Å². The van der Waals surface area contributed by atoms with E-state index < -0.39 is 77.3 Å². The molecule has 430 valence electrons. The highest BCUT2D eigenvalue weighted by molar-refractivity contribution is 5.91. The summed E-state index contributed by atoms with van der Waals surface area (Å²) in [6, 6.07) is 1.40. The molecule has 0 saturated heterocycles. The fraction of sp³-hybridized carbons (Fsp3) is 0.745. The molecule has 24 heteroatoms. The van der Waals surface area contributed by atoms with Crippen molar-refractivity contribution in [2.45, 2.75) is 156 Å². The minimum atomic E-state index is -1.16. The molecule has 0 heterocycles. The lowest BCUT2D eigenvalue weighted by Gasteiger charge is -2.27. The van der Waals surface area contributed by atoms with E-state index in [4.69, 9.17) is 54.1 Å². The summed E-state index contributed by atoms with van der Waals surface area (Å²) in [4.78, 5) is 89.3. The molecule has 0 aliphatic carbocycles. The number of rotatable bonds is 38. The van der Waals surface area contributed by atoms with Crippen molar-refractivity contribution in [2.75, 3.05) is 91.1 Å². The normalized spacial score (nSPS) is 14.1. The van der Waals surface area contributed by atoms with Gasteiger partial charge in [-0.25, -0.2) is 9.59 Å². The molecule has 0 saturated carbocycles. The molecule has 0 aromatic heterocycles. The molecule has 1 rings (SSSR count). The number of carbonyl (C=O) groups is 7. The first kappa shape index (κ1) is 67.8. The molecular weight excluding hydrogens is 981 g/mol. The molecule has 0 fully saturated rings. The highest BCUT2D eigenvalue weighted by Crippen LogP contribution is 2.28. The maximum absolute atomic E-state index is 13.5. The fourth-order valence-electron chi connectivity index (χ4n) is 6.39. The lowest BCUT2D eigenvalue weighted by Crippen LogP contribution is -2.50. The van der Waals surface area contributed by atoms with Crippen LogP contribution in [0.5, 0.6) is 5.75 Å². The second kappa shape index (κ2) is 36.7. The number of carbonyl (C=O) groups excluding carboxylic acids is 7. The molecule has 1 aromatic carbocycles. The van der Waals surface area contributed by atoms with Gasteiger partial charge in [0.1, 0.15) is 29.3 Å². The standard InChI is InChI=1S/C51H90N8O16/c1-33(2)54-45(62)35(4)55-43(60)15-18-68-22-25-71-27-28-72-32-42(53)59-40-31-38(30-39(58-49(66)75-51(10,11)12)29-34(3)47(64)74-50(7,8)9)13-14-41(40)73-48(65)37(6)57-46(63)36(5)56-44(61)16-19-67-21-24-70-26-23-69-20-17-52/h13-14,31,33-37,39,42,59H,15-30,32,52-53H2,1-12H3,(H,54,62)(H,55,60)(H,56,61)(H,57,63)(H,58,66)/t34?,35?,36?,37?,39-,42?/m1/s1. The van der Waals surface area contributed by atoms with Crippen LogP contribution in [0.4, 0.5) is 10.5 Å². The number of nitrogens with two attached hydrogens (primary N) is 2. The van der Waals surface area contributed by atoms with Crippen LogP contribution >= 0.6 is 0 Å². The first-order valence-electron chi connectivity index (χ1n) is 25.6. The number of esters is 2. The lowest BCUT2D eigenvalue weighted by atomic mass is 9.95. The Hall–Kier alpha value is -5.21. The van der Waals surface area contributed by atoms with Crippen molar-refractivity contribution in [3.05, 3.63) is 23.8 Å². The number of hydrogen-bond acceptors (Lipinski definition) is 19. The molecule has 0 spiro atoms. The zero-order valence-electron chi connectivity index (χ0n) is 46.5. The van der Waals surface area contributed by atoms with Crippen molar-refractivity contribution in [3.8, 4) is 5.75 Å². The van der Waals surface area contributed by atoms with E-state index in [1.165, 1.54) is 19.9 Å². The number of benzene rings is 1. The van der Waals surface area contributed by atoms with Crippen molar-refractivity contribution in [2.24, 2.45) is 17.4 Å².